The van der Waals surface area contributed by atoms with Gasteiger partial charge in [0, 0.05) is 44.7 Å². The van der Waals surface area contributed by atoms with Crippen molar-refractivity contribution in [2.75, 3.05) is 59.1 Å². The first kappa shape index (κ1) is 17.5. The second-order valence-electron chi connectivity index (χ2n) is 7.29. The Hall–Kier alpha value is -1.34. The van der Waals surface area contributed by atoms with Crippen LogP contribution in [-0.4, -0.2) is 86.9 Å². The van der Waals surface area contributed by atoms with Crippen LogP contribution in [-0.2, 0) is 14.3 Å². The van der Waals surface area contributed by atoms with E-state index in [1.807, 2.05) is 4.90 Å². The van der Waals surface area contributed by atoms with Crippen molar-refractivity contribution in [1.29, 1.82) is 0 Å². The second kappa shape index (κ2) is 7.70. The van der Waals surface area contributed by atoms with Gasteiger partial charge in [0.2, 0.25) is 0 Å². The normalized spacial score (nSPS) is 27.1. The van der Waals surface area contributed by atoms with Crippen molar-refractivity contribution in [2.24, 2.45) is 10.4 Å². The van der Waals surface area contributed by atoms with Gasteiger partial charge in [-0.05, 0) is 19.8 Å². The maximum Gasteiger partial charge on any atom is 0.251 e. The van der Waals surface area contributed by atoms with Gasteiger partial charge in [-0.3, -0.25) is 9.79 Å². The summed E-state index contributed by atoms with van der Waals surface area (Å²) in [4.78, 5) is 21.4. The lowest BCUT2D eigenvalue weighted by Gasteiger charge is -2.39. The van der Waals surface area contributed by atoms with Gasteiger partial charge in [-0.25, -0.2) is 0 Å². The van der Waals surface area contributed by atoms with Gasteiger partial charge in [0.1, 0.15) is 6.10 Å². The van der Waals surface area contributed by atoms with Crippen LogP contribution in [0.15, 0.2) is 4.99 Å². The number of rotatable bonds is 4. The highest BCUT2D eigenvalue weighted by Gasteiger charge is 2.34. The number of nitrogens with zero attached hydrogens (tertiary/aromatic N) is 3. The summed E-state index contributed by atoms with van der Waals surface area (Å²) in [6.07, 6.45) is 1.65. The molecule has 3 aliphatic rings. The summed E-state index contributed by atoms with van der Waals surface area (Å²) in [6.45, 7) is 11.3. The molecule has 0 saturated carbocycles. The van der Waals surface area contributed by atoms with Gasteiger partial charge >= 0.3 is 0 Å². The maximum atomic E-state index is 12.4. The number of guanidine groups is 1. The van der Waals surface area contributed by atoms with Gasteiger partial charge in [-0.2, -0.15) is 0 Å². The molecule has 1 unspecified atom stereocenters. The number of hydrogen-bond donors (Lipinski definition) is 1. The highest BCUT2D eigenvalue weighted by atomic mass is 16.5. The van der Waals surface area contributed by atoms with Crippen molar-refractivity contribution in [2.45, 2.75) is 32.8 Å². The van der Waals surface area contributed by atoms with Crippen LogP contribution in [0.25, 0.3) is 0 Å². The van der Waals surface area contributed by atoms with Crippen LogP contribution in [0.3, 0.4) is 0 Å². The average Bonchev–Trinajstić information content (AvgIpc) is 3.11. The smallest absolute Gasteiger partial charge is 0.251 e. The Morgan fingerprint density at radius 3 is 2.50 bits per heavy atom. The van der Waals surface area contributed by atoms with E-state index < -0.39 is 0 Å². The Bertz CT molecular complexity index is 464. The van der Waals surface area contributed by atoms with E-state index in [0.29, 0.717) is 0 Å². The Balaban J connectivity index is 1.52. The van der Waals surface area contributed by atoms with Crippen LogP contribution in [0.4, 0.5) is 0 Å². The lowest BCUT2D eigenvalue weighted by molar-refractivity contribution is -0.142. The third-order valence-corrected chi connectivity index (χ3v) is 4.94. The van der Waals surface area contributed by atoms with Crippen LogP contribution in [0.2, 0.25) is 0 Å². The molecule has 3 heterocycles. The van der Waals surface area contributed by atoms with E-state index in [4.69, 9.17) is 14.5 Å². The molecule has 0 radical (unpaired) electrons. The molecule has 0 aromatic heterocycles. The minimum absolute atomic E-state index is 0.160. The average molecular weight is 338 g/mol. The van der Waals surface area contributed by atoms with Crippen LogP contribution >= 0.6 is 0 Å². The highest BCUT2D eigenvalue weighted by molar-refractivity contribution is 5.82. The van der Waals surface area contributed by atoms with E-state index in [1.165, 1.54) is 0 Å². The first-order valence-corrected chi connectivity index (χ1v) is 9.13. The molecule has 136 valence electrons. The van der Waals surface area contributed by atoms with Crippen molar-refractivity contribution in [3.63, 3.8) is 0 Å². The lowest BCUT2D eigenvalue weighted by atomic mass is 9.89. The van der Waals surface area contributed by atoms with E-state index in [9.17, 15) is 4.79 Å². The largest absolute Gasteiger partial charge is 0.380 e. The van der Waals surface area contributed by atoms with Gasteiger partial charge in [-0.1, -0.05) is 6.92 Å². The van der Waals surface area contributed by atoms with E-state index in [2.05, 4.69) is 24.1 Å². The second-order valence-corrected chi connectivity index (χ2v) is 7.29. The van der Waals surface area contributed by atoms with Gasteiger partial charge in [0.05, 0.1) is 19.8 Å². The molecule has 24 heavy (non-hydrogen) atoms. The molecule has 0 bridgehead atoms. The molecule has 0 aromatic rings. The fraction of sp³-hybridized carbons (Fsp3) is 0.882. The Labute approximate surface area is 144 Å². The number of carbonyl (C=O) groups excluding carboxylic acids is 1. The Morgan fingerprint density at radius 2 is 1.96 bits per heavy atom. The van der Waals surface area contributed by atoms with Crippen LogP contribution in [0.5, 0.6) is 0 Å². The summed E-state index contributed by atoms with van der Waals surface area (Å²) in [5, 5.41) is 3.38. The van der Waals surface area contributed by atoms with Crippen LogP contribution in [0, 0.1) is 5.41 Å². The molecular weight excluding hydrogens is 308 g/mol. The first-order valence-electron chi connectivity index (χ1n) is 9.13. The van der Waals surface area contributed by atoms with Crippen molar-refractivity contribution >= 4 is 11.9 Å². The minimum atomic E-state index is -0.211. The van der Waals surface area contributed by atoms with Crippen molar-refractivity contribution < 1.29 is 14.3 Å². The van der Waals surface area contributed by atoms with Crippen LogP contribution in [0.1, 0.15) is 26.7 Å². The lowest BCUT2D eigenvalue weighted by Crippen LogP contribution is -2.55. The zero-order valence-electron chi connectivity index (χ0n) is 14.9. The number of aliphatic imine (C=N–C) groups is 1. The SMILES string of the molecule is CCNC(=NCC1(C)COC1)N1CCN(C(=O)C2CCCO2)CC1. The van der Waals surface area contributed by atoms with Gasteiger partial charge in [-0.15, -0.1) is 0 Å². The molecule has 1 amide bonds. The summed E-state index contributed by atoms with van der Waals surface area (Å²) in [5.74, 6) is 1.11. The molecule has 3 aliphatic heterocycles. The summed E-state index contributed by atoms with van der Waals surface area (Å²) < 4.78 is 10.8. The van der Waals surface area contributed by atoms with E-state index >= 15 is 0 Å². The minimum Gasteiger partial charge on any atom is -0.380 e. The zero-order valence-corrected chi connectivity index (χ0v) is 14.9. The molecule has 1 atom stereocenters. The first-order chi connectivity index (χ1) is 11.6. The summed E-state index contributed by atoms with van der Waals surface area (Å²) >= 11 is 0. The summed E-state index contributed by atoms with van der Waals surface area (Å²) in [5.41, 5.74) is 0.179. The molecule has 7 heteroatoms. The number of piperazine rings is 1. The highest BCUT2D eigenvalue weighted by Crippen LogP contribution is 2.26. The number of ether oxygens (including phenoxy) is 2. The van der Waals surface area contributed by atoms with Crippen molar-refractivity contribution in [3.05, 3.63) is 0 Å². The fourth-order valence-corrected chi connectivity index (χ4v) is 3.35. The van der Waals surface area contributed by atoms with Gasteiger partial charge < -0.3 is 24.6 Å². The monoisotopic (exact) mass is 338 g/mol. The Morgan fingerprint density at radius 1 is 1.25 bits per heavy atom. The van der Waals surface area contributed by atoms with Gasteiger partial charge in [0.25, 0.3) is 5.91 Å². The standard InChI is InChI=1S/C17H30N4O3/c1-3-18-16(19-11-17(2)12-23-13-17)21-8-6-20(7-9-21)15(22)14-5-4-10-24-14/h14H,3-13H2,1-2H3,(H,18,19). The molecule has 0 aromatic carbocycles. The molecule has 7 nitrogen and oxygen atoms in total. The summed E-state index contributed by atoms with van der Waals surface area (Å²) in [6, 6.07) is 0. The molecule has 1 N–H and O–H groups in total. The third-order valence-electron chi connectivity index (χ3n) is 4.94. The molecule has 3 fully saturated rings. The molecule has 3 saturated heterocycles. The zero-order chi connectivity index (χ0) is 17.0. The summed E-state index contributed by atoms with van der Waals surface area (Å²) in [7, 11) is 0. The topological polar surface area (TPSA) is 66.4 Å². The van der Waals surface area contributed by atoms with E-state index in [1.54, 1.807) is 0 Å². The number of hydrogen-bond acceptors (Lipinski definition) is 4. The number of amides is 1. The Kier molecular flexibility index (Phi) is 5.61. The number of nitrogens with one attached hydrogen (secondary N) is 1. The quantitative estimate of drug-likeness (QED) is 0.590. The molecule has 3 rings (SSSR count). The molecule has 0 aliphatic carbocycles. The molecule has 0 spiro atoms. The van der Waals surface area contributed by atoms with E-state index in [0.717, 1.165) is 77.9 Å². The maximum absolute atomic E-state index is 12.4. The fourth-order valence-electron chi connectivity index (χ4n) is 3.35. The van der Waals surface area contributed by atoms with Crippen LogP contribution < -0.4 is 5.32 Å². The predicted molar refractivity (Wildman–Crippen MR) is 92.0 cm³/mol. The number of carbonyl (C=O) groups is 1. The molecular formula is C17H30N4O3. The third kappa shape index (κ3) is 4.00. The van der Waals surface area contributed by atoms with Crippen molar-refractivity contribution in [1.82, 2.24) is 15.1 Å². The van der Waals surface area contributed by atoms with Crippen molar-refractivity contribution in [3.8, 4) is 0 Å². The predicted octanol–water partition coefficient (Wildman–Crippen LogP) is 0.312. The van der Waals surface area contributed by atoms with E-state index in [-0.39, 0.29) is 17.4 Å². The van der Waals surface area contributed by atoms with Gasteiger partial charge in [0.15, 0.2) is 5.96 Å².